The van der Waals surface area contributed by atoms with Gasteiger partial charge in [-0.05, 0) is 30.3 Å². The first kappa shape index (κ1) is 20.0. The Kier molecular flexibility index (Phi) is 6.55. The molecule has 0 spiro atoms. The van der Waals surface area contributed by atoms with Crippen LogP contribution < -0.4 is 10.6 Å². The Hall–Kier alpha value is -3.34. The highest BCUT2D eigenvalue weighted by Crippen LogP contribution is 2.24. The van der Waals surface area contributed by atoms with Gasteiger partial charge in [-0.25, -0.2) is 9.18 Å². The quantitative estimate of drug-likeness (QED) is 0.412. The summed E-state index contributed by atoms with van der Waals surface area (Å²) >= 11 is 0.620. The molecule has 11 heteroatoms. The molecule has 2 N–H and O–H groups in total. The number of ether oxygens (including phenoxy) is 1. The summed E-state index contributed by atoms with van der Waals surface area (Å²) in [6.07, 6.45) is -0.145. The third kappa shape index (κ3) is 5.57. The zero-order valence-corrected chi connectivity index (χ0v) is 14.6. The van der Waals surface area contributed by atoms with Crippen molar-refractivity contribution in [3.8, 4) is 0 Å². The number of hydrogen-bond donors (Lipinski definition) is 1. The summed E-state index contributed by atoms with van der Waals surface area (Å²) in [5.41, 5.74) is 5.39. The highest BCUT2D eigenvalue weighted by atomic mass is 32.1. The van der Waals surface area contributed by atoms with Crippen LogP contribution >= 0.6 is 11.3 Å². The predicted molar refractivity (Wildman–Crippen MR) is 93.8 cm³/mol. The lowest BCUT2D eigenvalue weighted by molar-refractivity contribution is -0.380. The molecule has 0 atom stereocenters. The van der Waals surface area contributed by atoms with Gasteiger partial charge in [-0.15, -0.1) is 0 Å². The van der Waals surface area contributed by atoms with Crippen LogP contribution in [0.3, 0.4) is 0 Å². The van der Waals surface area contributed by atoms with E-state index in [2.05, 4.69) is 0 Å². The molecule has 0 unspecified atom stereocenters. The lowest BCUT2D eigenvalue weighted by atomic mass is 10.2. The number of nitrogens with two attached hydrogens (primary N) is 1. The monoisotopic (exact) mass is 395 g/mol. The van der Waals surface area contributed by atoms with Crippen molar-refractivity contribution in [2.45, 2.75) is 6.42 Å². The molecule has 1 aromatic heterocycles. The van der Waals surface area contributed by atoms with Crippen molar-refractivity contribution in [1.82, 2.24) is 0 Å². The molecule has 0 fully saturated rings. The van der Waals surface area contributed by atoms with Crippen LogP contribution in [0.15, 0.2) is 36.4 Å². The fourth-order valence-corrected chi connectivity index (χ4v) is 2.77. The Morgan fingerprint density at radius 3 is 2.41 bits per heavy atom. The molecule has 0 radical (unpaired) electrons. The van der Waals surface area contributed by atoms with Gasteiger partial charge in [0.25, 0.3) is 5.91 Å². The molecule has 0 aliphatic carbocycles. The maximum atomic E-state index is 13.1. The molecule has 0 saturated heterocycles. The first-order valence-electron chi connectivity index (χ1n) is 7.53. The minimum absolute atomic E-state index is 0.0278. The molecule has 1 heterocycles. The van der Waals surface area contributed by atoms with Gasteiger partial charge in [0.2, 0.25) is 5.91 Å². The number of rotatable bonds is 8. The van der Waals surface area contributed by atoms with E-state index < -0.39 is 35.1 Å². The largest absolute Gasteiger partial charge is 0.451 e. The molecular weight excluding hydrogens is 381 g/mol. The van der Waals surface area contributed by atoms with Crippen LogP contribution in [0, 0.1) is 15.9 Å². The van der Waals surface area contributed by atoms with Crippen molar-refractivity contribution in [2.75, 3.05) is 18.1 Å². The number of amides is 2. The van der Waals surface area contributed by atoms with E-state index in [-0.39, 0.29) is 22.8 Å². The van der Waals surface area contributed by atoms with Crippen LogP contribution in [0.4, 0.5) is 15.1 Å². The Morgan fingerprint density at radius 2 is 1.85 bits per heavy atom. The number of benzene rings is 1. The molecule has 0 aliphatic heterocycles. The van der Waals surface area contributed by atoms with Crippen LogP contribution in [0.1, 0.15) is 16.1 Å². The summed E-state index contributed by atoms with van der Waals surface area (Å²) < 4.78 is 18.0. The van der Waals surface area contributed by atoms with Gasteiger partial charge >= 0.3 is 11.0 Å². The van der Waals surface area contributed by atoms with Gasteiger partial charge in [-0.2, -0.15) is 0 Å². The second kappa shape index (κ2) is 8.85. The van der Waals surface area contributed by atoms with Crippen molar-refractivity contribution in [1.29, 1.82) is 0 Å². The second-order valence-electron chi connectivity index (χ2n) is 5.21. The third-order valence-corrected chi connectivity index (χ3v) is 4.34. The predicted octanol–water partition coefficient (Wildman–Crippen LogP) is 1.86. The molecule has 1 aromatic carbocycles. The zero-order chi connectivity index (χ0) is 20.0. The number of carbonyl (C=O) groups excluding carboxylic acids is 3. The first-order chi connectivity index (χ1) is 12.8. The van der Waals surface area contributed by atoms with E-state index in [1.54, 1.807) is 0 Å². The van der Waals surface area contributed by atoms with Crippen LogP contribution in [0.2, 0.25) is 0 Å². The highest BCUT2D eigenvalue weighted by Gasteiger charge is 2.21. The number of primary amides is 1. The summed E-state index contributed by atoms with van der Waals surface area (Å²) in [6.45, 7) is -0.748. The normalized spacial score (nSPS) is 10.3. The minimum atomic E-state index is -0.893. The lowest BCUT2D eigenvalue weighted by Crippen LogP contribution is -2.37. The van der Waals surface area contributed by atoms with E-state index in [0.29, 0.717) is 17.0 Å². The minimum Gasteiger partial charge on any atom is -0.451 e. The molecular formula is C16H14FN3O6S. The van der Waals surface area contributed by atoms with Crippen LogP contribution in [0.5, 0.6) is 0 Å². The highest BCUT2D eigenvalue weighted by molar-refractivity contribution is 7.17. The Labute approximate surface area is 156 Å². The van der Waals surface area contributed by atoms with Crippen molar-refractivity contribution < 1.29 is 28.4 Å². The Bertz CT molecular complexity index is 867. The molecule has 9 nitrogen and oxygen atoms in total. The average molecular weight is 395 g/mol. The summed E-state index contributed by atoms with van der Waals surface area (Å²) in [5, 5.41) is 10.4. The van der Waals surface area contributed by atoms with E-state index in [4.69, 9.17) is 10.5 Å². The van der Waals surface area contributed by atoms with E-state index >= 15 is 0 Å². The molecule has 142 valence electrons. The maximum Gasteiger partial charge on any atom is 0.349 e. The number of esters is 1. The summed E-state index contributed by atoms with van der Waals surface area (Å²) in [6, 6.07) is 7.31. The maximum absolute atomic E-state index is 13.1. The van der Waals surface area contributed by atoms with Crippen LogP contribution in [-0.4, -0.2) is 35.9 Å². The van der Waals surface area contributed by atoms with E-state index in [9.17, 15) is 28.9 Å². The Morgan fingerprint density at radius 1 is 1.19 bits per heavy atom. The fraction of sp³-hybridized carbons (Fsp3) is 0.188. The molecule has 2 rings (SSSR count). The van der Waals surface area contributed by atoms with Crippen molar-refractivity contribution >= 4 is 39.8 Å². The molecule has 0 saturated carbocycles. The average Bonchev–Trinajstić information content (AvgIpc) is 3.11. The number of thiophene rings is 1. The molecule has 0 aliphatic rings. The summed E-state index contributed by atoms with van der Waals surface area (Å²) in [4.78, 5) is 46.4. The van der Waals surface area contributed by atoms with Gasteiger partial charge < -0.3 is 15.4 Å². The smallest absolute Gasteiger partial charge is 0.349 e. The van der Waals surface area contributed by atoms with Gasteiger partial charge in [-0.3, -0.25) is 19.7 Å². The fourth-order valence-electron chi connectivity index (χ4n) is 2.05. The van der Waals surface area contributed by atoms with E-state index in [1.165, 1.54) is 18.2 Å². The number of nitro groups is 1. The van der Waals surface area contributed by atoms with Gasteiger partial charge in [0.15, 0.2) is 6.61 Å². The van der Waals surface area contributed by atoms with Crippen molar-refractivity contribution in [3.63, 3.8) is 0 Å². The number of anilines is 1. The van der Waals surface area contributed by atoms with Gasteiger partial charge in [0.1, 0.15) is 10.7 Å². The topological polar surface area (TPSA) is 133 Å². The standard InChI is InChI=1S/C16H14FN3O6S/c17-10-1-3-11(4-2-10)19(8-7-13(18)21)14(22)9-26-16(23)12-5-6-15(27-12)20(24)25/h1-6H,7-9H2,(H2,18,21). The SMILES string of the molecule is NC(=O)CCN(C(=O)COC(=O)c1ccc([N+](=O)[O-])s1)c1ccc(F)cc1. The number of nitrogens with zero attached hydrogens (tertiary/aromatic N) is 2. The first-order valence-corrected chi connectivity index (χ1v) is 8.35. The van der Waals surface area contributed by atoms with Gasteiger partial charge in [0, 0.05) is 24.7 Å². The second-order valence-corrected chi connectivity index (χ2v) is 6.27. The molecule has 2 amide bonds. The summed E-state index contributed by atoms with van der Waals surface area (Å²) in [5.74, 6) is -2.71. The lowest BCUT2D eigenvalue weighted by Gasteiger charge is -2.22. The van der Waals surface area contributed by atoms with E-state index in [0.717, 1.165) is 23.1 Å². The van der Waals surface area contributed by atoms with Crippen LogP contribution in [-0.2, 0) is 14.3 Å². The Balaban J connectivity index is 2.05. The van der Waals surface area contributed by atoms with E-state index in [1.807, 2.05) is 0 Å². The number of halogens is 1. The van der Waals surface area contributed by atoms with Gasteiger partial charge in [0.05, 0.1) is 4.92 Å². The summed E-state index contributed by atoms with van der Waals surface area (Å²) in [7, 11) is 0. The van der Waals surface area contributed by atoms with Gasteiger partial charge in [-0.1, -0.05) is 11.3 Å². The van der Waals surface area contributed by atoms with Crippen LogP contribution in [0.25, 0.3) is 0 Å². The molecule has 2 aromatic rings. The number of hydrogen-bond acceptors (Lipinski definition) is 7. The van der Waals surface area contributed by atoms with Crippen molar-refractivity contribution in [3.05, 3.63) is 57.2 Å². The molecule has 0 bridgehead atoms. The zero-order valence-electron chi connectivity index (χ0n) is 13.8. The third-order valence-electron chi connectivity index (χ3n) is 3.32. The van der Waals surface area contributed by atoms with Crippen molar-refractivity contribution in [2.24, 2.45) is 5.73 Å². The number of carbonyl (C=O) groups is 3. The molecule has 27 heavy (non-hydrogen) atoms.